The summed E-state index contributed by atoms with van der Waals surface area (Å²) in [5, 5.41) is 20.0. The summed E-state index contributed by atoms with van der Waals surface area (Å²) in [6, 6.07) is 4.02. The van der Waals surface area contributed by atoms with E-state index in [0.717, 1.165) is 0 Å². The number of hydrogen-bond donors (Lipinski definition) is 1. The number of hydrogen-bond acceptors (Lipinski definition) is 5. The molecule has 1 aromatic rings. The molecule has 0 atom stereocenters. The summed E-state index contributed by atoms with van der Waals surface area (Å²) >= 11 is 5.96. The Morgan fingerprint density at radius 2 is 2.05 bits per heavy atom. The Hall–Kier alpha value is -2.15. The zero-order valence-electron chi connectivity index (χ0n) is 11.2. The first-order chi connectivity index (χ1) is 9.58. The molecule has 6 nitrogen and oxygen atoms in total. The van der Waals surface area contributed by atoms with Crippen LogP contribution in [0, 0.1) is 22.7 Å². The number of halogens is 1. The molecular weight excluding hydrogens is 280 g/mol. The standard InChI is InChI=1S/C13H13ClN4O2/c1-3-8-9(6-15)12(14)18-13(10(8)7-16)17-5-4-11(19)20-2/h3-5H2,1-2H3,(H,17,18)/p+1. The summed E-state index contributed by atoms with van der Waals surface area (Å²) < 4.78 is 4.54. The van der Waals surface area contributed by atoms with Crippen LogP contribution in [0.5, 0.6) is 0 Å². The third-order valence-corrected chi connectivity index (χ3v) is 3.05. The number of pyridine rings is 1. The van der Waals surface area contributed by atoms with E-state index in [1.165, 1.54) is 7.11 Å². The third-order valence-electron chi connectivity index (χ3n) is 2.78. The number of methoxy groups -OCH3 is 1. The first kappa shape index (κ1) is 15.9. The van der Waals surface area contributed by atoms with Gasteiger partial charge in [0.2, 0.25) is 5.82 Å². The van der Waals surface area contributed by atoms with E-state index in [9.17, 15) is 10.1 Å². The van der Waals surface area contributed by atoms with Crippen LogP contribution in [0.1, 0.15) is 30.0 Å². The maximum Gasteiger partial charge on any atom is 0.311 e. The minimum Gasteiger partial charge on any atom is -0.469 e. The van der Waals surface area contributed by atoms with Gasteiger partial charge in [0.25, 0.3) is 0 Å². The molecule has 7 heteroatoms. The Balaban J connectivity index is 3.09. The first-order valence-electron chi connectivity index (χ1n) is 6.01. The van der Waals surface area contributed by atoms with E-state index in [0.29, 0.717) is 29.9 Å². The first-order valence-corrected chi connectivity index (χ1v) is 6.39. The van der Waals surface area contributed by atoms with Crippen molar-refractivity contribution in [3.8, 4) is 12.1 Å². The van der Waals surface area contributed by atoms with E-state index >= 15 is 0 Å². The predicted octanol–water partition coefficient (Wildman–Crippen LogP) is 0.799. The Morgan fingerprint density at radius 3 is 2.55 bits per heavy atom. The normalized spacial score (nSPS) is 9.65. The molecule has 0 unspecified atom stereocenters. The number of carbonyl (C=O) groups is 1. The van der Waals surface area contributed by atoms with Gasteiger partial charge in [-0.05, 0) is 12.0 Å². The van der Waals surface area contributed by atoms with E-state index in [1.54, 1.807) is 5.32 Å². The summed E-state index contributed by atoms with van der Waals surface area (Å²) in [7, 11) is 1.31. The van der Waals surface area contributed by atoms with Gasteiger partial charge in [-0.1, -0.05) is 18.5 Å². The molecule has 0 aliphatic heterocycles. The largest absolute Gasteiger partial charge is 0.469 e. The lowest BCUT2D eigenvalue weighted by Crippen LogP contribution is -2.79. The average Bonchev–Trinajstić information content (AvgIpc) is 2.46. The van der Waals surface area contributed by atoms with Crippen LogP contribution in [0.15, 0.2) is 0 Å². The van der Waals surface area contributed by atoms with Crippen LogP contribution in [0.2, 0.25) is 5.15 Å². The van der Waals surface area contributed by atoms with Crippen LogP contribution < -0.4 is 5.32 Å². The van der Waals surface area contributed by atoms with Crippen molar-refractivity contribution in [2.24, 2.45) is 0 Å². The molecule has 2 N–H and O–H groups in total. The zero-order valence-corrected chi connectivity index (χ0v) is 12.0. The van der Waals surface area contributed by atoms with Crippen LogP contribution in [-0.4, -0.2) is 24.6 Å². The highest BCUT2D eigenvalue weighted by Gasteiger charge is 2.20. The van der Waals surface area contributed by atoms with Gasteiger partial charge in [0.15, 0.2) is 5.15 Å². The molecule has 0 radical (unpaired) electrons. The number of aromatic nitrogens is 1. The summed E-state index contributed by atoms with van der Waals surface area (Å²) in [6.07, 6.45) is 0.702. The minimum atomic E-state index is -0.338. The SMILES string of the molecule is CCc1c(C#N)c(Cl)nc([NH2+]CCC(=O)OC)c1C#N. The summed E-state index contributed by atoms with van der Waals surface area (Å²) in [5.74, 6) is 0.0625. The smallest absolute Gasteiger partial charge is 0.311 e. The second kappa shape index (κ2) is 7.44. The maximum absolute atomic E-state index is 11.1. The molecule has 0 aromatic carbocycles. The van der Waals surface area contributed by atoms with E-state index in [2.05, 4.69) is 9.72 Å². The fraction of sp³-hybridized carbons (Fsp3) is 0.385. The molecule has 0 aliphatic carbocycles. The van der Waals surface area contributed by atoms with Crippen molar-refractivity contribution in [3.05, 3.63) is 21.8 Å². The third kappa shape index (κ3) is 3.45. The van der Waals surface area contributed by atoms with Crippen LogP contribution in [0.25, 0.3) is 0 Å². The number of nitriles is 2. The molecule has 1 rings (SSSR count). The van der Waals surface area contributed by atoms with Gasteiger partial charge in [-0.15, -0.1) is 0 Å². The Bertz CT molecular complexity index is 602. The highest BCUT2D eigenvalue weighted by molar-refractivity contribution is 6.30. The predicted molar refractivity (Wildman–Crippen MR) is 71.1 cm³/mol. The Morgan fingerprint density at radius 1 is 1.40 bits per heavy atom. The fourth-order valence-electron chi connectivity index (χ4n) is 1.79. The minimum absolute atomic E-state index is 0.0765. The van der Waals surface area contributed by atoms with Crippen LogP contribution in [0.3, 0.4) is 0 Å². The molecule has 1 aromatic heterocycles. The summed E-state index contributed by atoms with van der Waals surface area (Å²) in [6.45, 7) is 2.23. The van der Waals surface area contributed by atoms with Crippen molar-refractivity contribution in [1.82, 2.24) is 4.98 Å². The molecule has 0 bridgehead atoms. The molecule has 1 heterocycles. The molecule has 20 heavy (non-hydrogen) atoms. The average molecular weight is 294 g/mol. The quantitative estimate of drug-likeness (QED) is 0.639. The molecule has 0 fully saturated rings. The second-order valence-corrected chi connectivity index (χ2v) is 4.27. The lowest BCUT2D eigenvalue weighted by atomic mass is 10.0. The maximum atomic E-state index is 11.1. The highest BCUT2D eigenvalue weighted by atomic mass is 35.5. The van der Waals surface area contributed by atoms with Crippen LogP contribution in [0.4, 0.5) is 5.82 Å². The van der Waals surface area contributed by atoms with Crippen molar-refractivity contribution in [1.29, 1.82) is 10.5 Å². The molecule has 0 saturated heterocycles. The summed E-state index contributed by atoms with van der Waals surface area (Å²) in [5.41, 5.74) is 1.15. The molecule has 0 spiro atoms. The van der Waals surface area contributed by atoms with Crippen LogP contribution >= 0.6 is 11.6 Å². The van der Waals surface area contributed by atoms with Crippen molar-refractivity contribution in [2.45, 2.75) is 19.8 Å². The van der Waals surface area contributed by atoms with Gasteiger partial charge in [0, 0.05) is 0 Å². The van der Waals surface area contributed by atoms with Gasteiger partial charge < -0.3 is 4.74 Å². The molecule has 104 valence electrons. The van der Waals surface area contributed by atoms with Crippen molar-refractivity contribution < 1.29 is 14.8 Å². The van der Waals surface area contributed by atoms with E-state index in [1.807, 2.05) is 19.1 Å². The van der Waals surface area contributed by atoms with Gasteiger partial charge in [-0.25, -0.2) is 0 Å². The number of rotatable bonds is 5. The van der Waals surface area contributed by atoms with Crippen molar-refractivity contribution >= 4 is 23.4 Å². The number of nitrogens with zero attached hydrogens (tertiary/aromatic N) is 3. The highest BCUT2D eigenvalue weighted by Crippen LogP contribution is 2.24. The van der Waals surface area contributed by atoms with Crippen molar-refractivity contribution in [2.75, 3.05) is 13.7 Å². The van der Waals surface area contributed by atoms with Crippen molar-refractivity contribution in [3.63, 3.8) is 0 Å². The Kier molecular flexibility index (Phi) is 5.92. The molecule has 0 amide bonds. The van der Waals surface area contributed by atoms with Gasteiger partial charge in [-0.3, -0.25) is 10.1 Å². The number of esters is 1. The number of carbonyl (C=O) groups excluding carboxylic acids is 1. The topological polar surface area (TPSA) is 103 Å². The Labute approximate surface area is 121 Å². The summed E-state index contributed by atoms with van der Waals surface area (Å²) in [4.78, 5) is 15.1. The molecule has 0 saturated carbocycles. The lowest BCUT2D eigenvalue weighted by molar-refractivity contribution is -0.574. The number of ether oxygens (including phenoxy) is 1. The monoisotopic (exact) mass is 293 g/mol. The second-order valence-electron chi connectivity index (χ2n) is 3.91. The molecule has 0 aliphatic rings. The zero-order chi connectivity index (χ0) is 15.1. The molecular formula is C13H14ClN4O2+. The number of nitrogens with two attached hydrogens (primary N) is 1. The van der Waals surface area contributed by atoms with E-state index in [4.69, 9.17) is 16.9 Å². The fourth-order valence-corrected chi connectivity index (χ4v) is 2.04. The van der Waals surface area contributed by atoms with E-state index < -0.39 is 0 Å². The van der Waals surface area contributed by atoms with E-state index in [-0.39, 0.29) is 23.1 Å². The lowest BCUT2D eigenvalue weighted by Gasteiger charge is -2.08. The van der Waals surface area contributed by atoms with Gasteiger partial charge in [0.1, 0.15) is 17.7 Å². The van der Waals surface area contributed by atoms with Gasteiger partial charge >= 0.3 is 5.97 Å². The van der Waals surface area contributed by atoms with Gasteiger partial charge in [0.05, 0.1) is 25.6 Å². The van der Waals surface area contributed by atoms with Crippen LogP contribution in [-0.2, 0) is 16.0 Å². The number of quaternary nitrogens is 1. The van der Waals surface area contributed by atoms with Gasteiger partial charge in [-0.2, -0.15) is 15.5 Å².